The number of amides is 1. The standard InChI is InChI=1S/C15H17N3O3S2/c1-2-3-14(19)16-12-6-4-11(5-7-12)13-10-22-15-17-23(20,21)9-8-18(13)15/h4-7,10H,2-3,8-9H2,1H3,(H,16,19). The van der Waals surface area contributed by atoms with Gasteiger partial charge in [-0.1, -0.05) is 30.8 Å². The van der Waals surface area contributed by atoms with Crippen LogP contribution in [0.5, 0.6) is 0 Å². The summed E-state index contributed by atoms with van der Waals surface area (Å²) in [6.07, 6.45) is 1.32. The van der Waals surface area contributed by atoms with Crippen molar-refractivity contribution in [2.45, 2.75) is 19.8 Å². The van der Waals surface area contributed by atoms with Crippen molar-refractivity contribution in [3.8, 4) is 0 Å². The molecule has 3 rings (SSSR count). The smallest absolute Gasteiger partial charge is 0.257 e. The molecule has 0 aliphatic carbocycles. The molecule has 0 atom stereocenters. The molecule has 2 aliphatic heterocycles. The molecule has 122 valence electrons. The molecule has 1 aromatic rings. The van der Waals surface area contributed by atoms with Gasteiger partial charge in [0, 0.05) is 24.1 Å². The van der Waals surface area contributed by atoms with E-state index in [1.54, 1.807) is 0 Å². The van der Waals surface area contributed by atoms with E-state index in [0.717, 1.165) is 23.4 Å². The summed E-state index contributed by atoms with van der Waals surface area (Å²) in [5.74, 6) is 0.0334. The number of nitrogens with one attached hydrogen (secondary N) is 1. The van der Waals surface area contributed by atoms with Crippen molar-refractivity contribution >= 4 is 44.2 Å². The fraction of sp³-hybridized carbons (Fsp3) is 0.333. The summed E-state index contributed by atoms with van der Waals surface area (Å²) in [5.41, 5.74) is 2.67. The predicted octanol–water partition coefficient (Wildman–Crippen LogP) is 2.47. The largest absolute Gasteiger partial charge is 0.326 e. The van der Waals surface area contributed by atoms with E-state index in [-0.39, 0.29) is 11.7 Å². The van der Waals surface area contributed by atoms with Crippen LogP contribution in [0.15, 0.2) is 34.1 Å². The lowest BCUT2D eigenvalue weighted by Gasteiger charge is -2.25. The number of sulfonamides is 1. The van der Waals surface area contributed by atoms with E-state index in [4.69, 9.17) is 0 Å². The van der Waals surface area contributed by atoms with Crippen LogP contribution in [0.3, 0.4) is 0 Å². The Kier molecular flexibility index (Phi) is 4.45. The zero-order valence-electron chi connectivity index (χ0n) is 12.7. The molecule has 2 aliphatic rings. The van der Waals surface area contributed by atoms with Crippen LogP contribution >= 0.6 is 11.8 Å². The van der Waals surface area contributed by atoms with Gasteiger partial charge in [-0.15, -0.1) is 4.40 Å². The highest BCUT2D eigenvalue weighted by Crippen LogP contribution is 2.35. The van der Waals surface area contributed by atoms with Gasteiger partial charge in [-0.05, 0) is 24.1 Å². The number of carbonyl (C=O) groups is 1. The zero-order chi connectivity index (χ0) is 16.4. The van der Waals surface area contributed by atoms with Crippen LogP contribution < -0.4 is 5.32 Å². The zero-order valence-corrected chi connectivity index (χ0v) is 14.3. The van der Waals surface area contributed by atoms with Crippen molar-refractivity contribution in [2.24, 2.45) is 4.40 Å². The van der Waals surface area contributed by atoms with Gasteiger partial charge in [0.05, 0.1) is 11.4 Å². The molecular formula is C15H17N3O3S2. The number of fused-ring (bicyclic) bond motifs is 1. The highest BCUT2D eigenvalue weighted by molar-refractivity contribution is 8.17. The number of amidine groups is 1. The molecule has 0 fully saturated rings. The normalized spacial score (nSPS) is 18.9. The van der Waals surface area contributed by atoms with E-state index in [1.807, 2.05) is 41.5 Å². The SMILES string of the molecule is CCCC(=O)Nc1ccc(C2=CSC3=NS(=O)(=O)CCN23)cc1. The van der Waals surface area contributed by atoms with Gasteiger partial charge in [0.1, 0.15) is 0 Å². The van der Waals surface area contributed by atoms with Crippen LogP contribution in [0.25, 0.3) is 5.70 Å². The Morgan fingerprint density at radius 2 is 2.09 bits per heavy atom. The third-order valence-corrected chi connectivity index (χ3v) is 5.66. The van der Waals surface area contributed by atoms with Crippen LogP contribution in [-0.2, 0) is 14.8 Å². The summed E-state index contributed by atoms with van der Waals surface area (Å²) in [6, 6.07) is 7.54. The first kappa shape index (κ1) is 16.1. The predicted molar refractivity (Wildman–Crippen MR) is 93.5 cm³/mol. The molecule has 0 aromatic heterocycles. The Bertz CT molecular complexity index is 783. The summed E-state index contributed by atoms with van der Waals surface area (Å²) in [4.78, 5) is 13.5. The molecule has 0 saturated heterocycles. The number of carbonyl (C=O) groups excluding carboxylic acids is 1. The Morgan fingerprint density at radius 1 is 1.35 bits per heavy atom. The lowest BCUT2D eigenvalue weighted by atomic mass is 10.1. The summed E-state index contributed by atoms with van der Waals surface area (Å²) < 4.78 is 26.9. The molecule has 1 N–H and O–H groups in total. The van der Waals surface area contributed by atoms with Crippen molar-refractivity contribution in [3.05, 3.63) is 35.2 Å². The minimum Gasteiger partial charge on any atom is -0.326 e. The summed E-state index contributed by atoms with van der Waals surface area (Å²) in [6.45, 7) is 2.37. The van der Waals surface area contributed by atoms with Gasteiger partial charge in [-0.2, -0.15) is 0 Å². The minimum atomic E-state index is -3.32. The van der Waals surface area contributed by atoms with Gasteiger partial charge in [-0.25, -0.2) is 8.42 Å². The molecular weight excluding hydrogens is 334 g/mol. The van der Waals surface area contributed by atoms with E-state index in [1.165, 1.54) is 11.8 Å². The quantitative estimate of drug-likeness (QED) is 0.901. The van der Waals surface area contributed by atoms with E-state index >= 15 is 0 Å². The first-order chi connectivity index (χ1) is 11.0. The second kappa shape index (κ2) is 6.37. The second-order valence-electron chi connectivity index (χ2n) is 5.31. The number of hydrogen-bond acceptors (Lipinski definition) is 5. The summed E-state index contributed by atoms with van der Waals surface area (Å²) >= 11 is 1.32. The fourth-order valence-corrected chi connectivity index (χ4v) is 4.55. The Hall–Kier alpha value is -1.80. The highest BCUT2D eigenvalue weighted by atomic mass is 32.2. The van der Waals surface area contributed by atoms with Gasteiger partial charge < -0.3 is 10.2 Å². The van der Waals surface area contributed by atoms with E-state index < -0.39 is 10.0 Å². The average Bonchev–Trinajstić information content (AvgIpc) is 2.90. The lowest BCUT2D eigenvalue weighted by Crippen LogP contribution is -2.34. The fourth-order valence-electron chi connectivity index (χ4n) is 2.40. The van der Waals surface area contributed by atoms with Crippen LogP contribution in [0.1, 0.15) is 25.3 Å². The Morgan fingerprint density at radius 3 is 2.78 bits per heavy atom. The number of nitrogens with zero attached hydrogens (tertiary/aromatic N) is 2. The maximum absolute atomic E-state index is 11.6. The van der Waals surface area contributed by atoms with Crippen molar-refractivity contribution in [2.75, 3.05) is 17.6 Å². The van der Waals surface area contributed by atoms with Gasteiger partial charge in [0.2, 0.25) is 5.91 Å². The third kappa shape index (κ3) is 3.59. The average molecular weight is 351 g/mol. The minimum absolute atomic E-state index is 0.00606. The molecule has 2 heterocycles. The van der Waals surface area contributed by atoms with Gasteiger partial charge in [0.25, 0.3) is 10.0 Å². The Labute approximate surface area is 139 Å². The molecule has 1 aromatic carbocycles. The first-order valence-electron chi connectivity index (χ1n) is 7.36. The summed E-state index contributed by atoms with van der Waals surface area (Å²) in [7, 11) is -3.32. The number of hydrogen-bond donors (Lipinski definition) is 1. The van der Waals surface area contributed by atoms with Crippen LogP contribution in [0.2, 0.25) is 0 Å². The molecule has 0 saturated carbocycles. The molecule has 0 bridgehead atoms. The maximum Gasteiger partial charge on any atom is 0.257 e. The first-order valence-corrected chi connectivity index (χ1v) is 9.85. The van der Waals surface area contributed by atoms with Gasteiger partial charge in [-0.3, -0.25) is 4.79 Å². The van der Waals surface area contributed by atoms with Crippen molar-refractivity contribution in [1.82, 2.24) is 4.90 Å². The third-order valence-electron chi connectivity index (χ3n) is 3.53. The number of benzene rings is 1. The topological polar surface area (TPSA) is 78.8 Å². The monoisotopic (exact) mass is 351 g/mol. The molecule has 0 spiro atoms. The molecule has 23 heavy (non-hydrogen) atoms. The number of anilines is 1. The van der Waals surface area contributed by atoms with E-state index in [0.29, 0.717) is 18.1 Å². The van der Waals surface area contributed by atoms with Gasteiger partial charge in [0.15, 0.2) is 5.17 Å². The maximum atomic E-state index is 11.6. The number of rotatable bonds is 4. The van der Waals surface area contributed by atoms with Crippen molar-refractivity contribution < 1.29 is 13.2 Å². The summed E-state index contributed by atoms with van der Waals surface area (Å²) in [5, 5.41) is 5.26. The molecule has 0 radical (unpaired) electrons. The molecule has 0 unspecified atom stereocenters. The van der Waals surface area contributed by atoms with E-state index in [2.05, 4.69) is 9.71 Å². The molecule has 6 nitrogen and oxygen atoms in total. The second-order valence-corrected chi connectivity index (χ2v) is 7.90. The highest BCUT2D eigenvalue weighted by Gasteiger charge is 2.31. The molecule has 8 heteroatoms. The molecule has 1 amide bonds. The van der Waals surface area contributed by atoms with Crippen molar-refractivity contribution in [3.63, 3.8) is 0 Å². The van der Waals surface area contributed by atoms with Crippen LogP contribution in [0.4, 0.5) is 5.69 Å². The van der Waals surface area contributed by atoms with Crippen LogP contribution in [0, 0.1) is 0 Å². The number of thioether (sulfide) groups is 1. The Balaban J connectivity index is 1.75. The van der Waals surface area contributed by atoms with E-state index in [9.17, 15) is 13.2 Å². The van der Waals surface area contributed by atoms with Crippen LogP contribution in [-0.4, -0.2) is 36.7 Å². The lowest BCUT2D eigenvalue weighted by molar-refractivity contribution is -0.116. The van der Waals surface area contributed by atoms with Gasteiger partial charge >= 0.3 is 0 Å². The van der Waals surface area contributed by atoms with Crippen molar-refractivity contribution in [1.29, 1.82) is 0 Å².